The summed E-state index contributed by atoms with van der Waals surface area (Å²) < 4.78 is 10.7. The van der Waals surface area contributed by atoms with Crippen molar-refractivity contribution in [2.24, 2.45) is 4.99 Å². The van der Waals surface area contributed by atoms with E-state index in [0.29, 0.717) is 23.6 Å². The first-order valence-electron chi connectivity index (χ1n) is 8.52. The van der Waals surface area contributed by atoms with Crippen molar-refractivity contribution < 1.29 is 24.2 Å². The highest BCUT2D eigenvalue weighted by atomic mass is 16.5. The van der Waals surface area contributed by atoms with Gasteiger partial charge in [0, 0.05) is 6.07 Å². The van der Waals surface area contributed by atoms with Crippen molar-refractivity contribution in [1.82, 2.24) is 0 Å². The summed E-state index contributed by atoms with van der Waals surface area (Å²) in [7, 11) is 0. The van der Waals surface area contributed by atoms with Gasteiger partial charge >= 0.3 is 5.97 Å². The number of aliphatic hydroxyl groups is 1. The fraction of sp³-hybridized carbons (Fsp3) is 0.190. The lowest BCUT2D eigenvalue weighted by Gasteiger charge is -2.07. The molecule has 2 aromatic carbocycles. The Morgan fingerprint density at radius 1 is 1.15 bits per heavy atom. The molecule has 1 aliphatic heterocycles. The van der Waals surface area contributed by atoms with Crippen LogP contribution in [0.15, 0.2) is 64.9 Å². The monoisotopic (exact) mass is 365 g/mol. The third-order valence-corrected chi connectivity index (χ3v) is 3.99. The molecule has 0 fully saturated rings. The van der Waals surface area contributed by atoms with E-state index in [0.717, 1.165) is 5.56 Å². The maximum absolute atomic E-state index is 12.6. The van der Waals surface area contributed by atoms with Gasteiger partial charge in [-0.2, -0.15) is 0 Å². The van der Waals surface area contributed by atoms with Gasteiger partial charge in [-0.05, 0) is 31.5 Å². The molecule has 27 heavy (non-hydrogen) atoms. The first kappa shape index (κ1) is 18.4. The summed E-state index contributed by atoms with van der Waals surface area (Å²) in [6.07, 6.45) is 0. The average molecular weight is 365 g/mol. The van der Waals surface area contributed by atoms with E-state index in [1.165, 1.54) is 6.92 Å². The van der Waals surface area contributed by atoms with Gasteiger partial charge in [0.15, 0.2) is 0 Å². The van der Waals surface area contributed by atoms with Crippen molar-refractivity contribution in [3.63, 3.8) is 0 Å². The molecule has 0 unspecified atom stereocenters. The number of hydrogen-bond donors (Lipinski definition) is 1. The van der Waals surface area contributed by atoms with Crippen LogP contribution in [0.2, 0.25) is 0 Å². The minimum Gasteiger partial charge on any atom is -0.512 e. The second kappa shape index (κ2) is 7.86. The van der Waals surface area contributed by atoms with Crippen LogP contribution < -0.4 is 4.74 Å². The minimum absolute atomic E-state index is 0.122. The average Bonchev–Trinajstić information content (AvgIpc) is 2.97. The number of rotatable bonds is 6. The van der Waals surface area contributed by atoms with E-state index >= 15 is 0 Å². The first-order chi connectivity index (χ1) is 13.0. The molecular formula is C21H19NO5. The molecule has 6 nitrogen and oxygen atoms in total. The predicted octanol–water partition coefficient (Wildman–Crippen LogP) is 3.93. The molecule has 0 radical (unpaired) electrons. The van der Waals surface area contributed by atoms with Gasteiger partial charge in [0.05, 0.1) is 17.9 Å². The molecule has 3 rings (SSSR count). The van der Waals surface area contributed by atoms with Gasteiger partial charge in [0.25, 0.3) is 0 Å². The SMILES string of the molecule is CCOC(=O)/C(C1=Nc2cc(OCc3ccccc3)ccc2C1=O)=C(/C)O. The maximum Gasteiger partial charge on any atom is 0.343 e. The van der Waals surface area contributed by atoms with E-state index < -0.39 is 11.8 Å². The summed E-state index contributed by atoms with van der Waals surface area (Å²) in [5, 5.41) is 9.85. The van der Waals surface area contributed by atoms with E-state index in [9.17, 15) is 14.7 Å². The largest absolute Gasteiger partial charge is 0.512 e. The third kappa shape index (κ3) is 3.89. The lowest BCUT2D eigenvalue weighted by Crippen LogP contribution is -2.22. The molecule has 0 saturated heterocycles. The Hall–Kier alpha value is -3.41. The van der Waals surface area contributed by atoms with Gasteiger partial charge in [0.2, 0.25) is 5.78 Å². The lowest BCUT2D eigenvalue weighted by atomic mass is 10.0. The molecular weight excluding hydrogens is 346 g/mol. The number of aliphatic imine (C=N–C) groups is 1. The van der Waals surface area contributed by atoms with Crippen LogP contribution in [-0.4, -0.2) is 29.2 Å². The number of carbonyl (C=O) groups excluding carboxylic acids is 2. The zero-order chi connectivity index (χ0) is 19.4. The Kier molecular flexibility index (Phi) is 5.35. The number of allylic oxidation sites excluding steroid dienone is 1. The van der Waals surface area contributed by atoms with Crippen LogP contribution in [0.4, 0.5) is 5.69 Å². The number of esters is 1. The van der Waals surface area contributed by atoms with E-state index in [1.54, 1.807) is 25.1 Å². The van der Waals surface area contributed by atoms with Crippen molar-refractivity contribution in [2.45, 2.75) is 20.5 Å². The predicted molar refractivity (Wildman–Crippen MR) is 101 cm³/mol. The summed E-state index contributed by atoms with van der Waals surface area (Å²) in [6.45, 7) is 3.47. The fourth-order valence-corrected chi connectivity index (χ4v) is 2.71. The summed E-state index contributed by atoms with van der Waals surface area (Å²) >= 11 is 0. The van der Waals surface area contributed by atoms with Gasteiger partial charge in [-0.15, -0.1) is 0 Å². The standard InChI is InChI=1S/C21H19NO5/c1-3-26-21(25)18(13(2)23)19-20(24)16-10-9-15(11-17(16)22-19)27-12-14-7-5-4-6-8-14/h4-11,23H,3,12H2,1-2H3/b18-13-. The van der Waals surface area contributed by atoms with Crippen LogP contribution in [0, 0.1) is 0 Å². The zero-order valence-electron chi connectivity index (χ0n) is 15.1. The van der Waals surface area contributed by atoms with Gasteiger partial charge in [-0.25, -0.2) is 9.79 Å². The summed E-state index contributed by atoms with van der Waals surface area (Å²) in [4.78, 5) is 29.0. The number of hydrogen-bond acceptors (Lipinski definition) is 6. The highest BCUT2D eigenvalue weighted by molar-refractivity contribution is 6.58. The third-order valence-electron chi connectivity index (χ3n) is 3.99. The first-order valence-corrected chi connectivity index (χ1v) is 8.52. The minimum atomic E-state index is -0.780. The van der Waals surface area contributed by atoms with Crippen molar-refractivity contribution in [2.75, 3.05) is 6.61 Å². The molecule has 2 aromatic rings. The molecule has 0 atom stereocenters. The highest BCUT2D eigenvalue weighted by Gasteiger charge is 2.33. The normalized spacial score (nSPS) is 13.6. The number of Topliss-reactive ketones (excluding diaryl/α,β-unsaturated/α-hetero) is 1. The molecule has 0 aromatic heterocycles. The fourth-order valence-electron chi connectivity index (χ4n) is 2.71. The summed E-state index contributed by atoms with van der Waals surface area (Å²) in [5.41, 5.74) is 1.42. The number of fused-ring (bicyclic) bond motifs is 1. The molecule has 0 saturated carbocycles. The molecule has 138 valence electrons. The molecule has 1 N–H and O–H groups in total. The van der Waals surface area contributed by atoms with E-state index in [4.69, 9.17) is 9.47 Å². The van der Waals surface area contributed by atoms with Gasteiger partial charge in [-0.1, -0.05) is 30.3 Å². The number of carbonyl (C=O) groups is 2. The van der Waals surface area contributed by atoms with Crippen molar-refractivity contribution >= 4 is 23.2 Å². The molecule has 0 aliphatic carbocycles. The smallest absolute Gasteiger partial charge is 0.343 e. The van der Waals surface area contributed by atoms with Crippen molar-refractivity contribution in [1.29, 1.82) is 0 Å². The number of ether oxygens (including phenoxy) is 2. The molecule has 6 heteroatoms. The molecule has 1 aliphatic rings. The Morgan fingerprint density at radius 2 is 1.89 bits per heavy atom. The van der Waals surface area contributed by atoms with Crippen LogP contribution in [0.5, 0.6) is 5.75 Å². The zero-order valence-corrected chi connectivity index (χ0v) is 15.1. The second-order valence-corrected chi connectivity index (χ2v) is 5.92. The summed E-state index contributed by atoms with van der Waals surface area (Å²) in [6, 6.07) is 14.6. The number of ketones is 1. The molecule has 1 heterocycles. The van der Waals surface area contributed by atoms with Crippen LogP contribution in [0.25, 0.3) is 0 Å². The van der Waals surface area contributed by atoms with E-state index in [-0.39, 0.29) is 23.7 Å². The number of nitrogens with zero attached hydrogens (tertiary/aromatic N) is 1. The van der Waals surface area contributed by atoms with Crippen molar-refractivity contribution in [3.8, 4) is 5.75 Å². The van der Waals surface area contributed by atoms with E-state index in [1.807, 2.05) is 30.3 Å². The van der Waals surface area contributed by atoms with Gasteiger partial charge < -0.3 is 14.6 Å². The Morgan fingerprint density at radius 3 is 2.56 bits per heavy atom. The van der Waals surface area contributed by atoms with E-state index in [2.05, 4.69) is 4.99 Å². The molecule has 0 spiro atoms. The van der Waals surface area contributed by atoms with Crippen molar-refractivity contribution in [3.05, 3.63) is 71.0 Å². The Bertz CT molecular complexity index is 940. The molecule has 0 amide bonds. The van der Waals surface area contributed by atoms with Crippen LogP contribution in [0.1, 0.15) is 29.8 Å². The topological polar surface area (TPSA) is 85.2 Å². The van der Waals surface area contributed by atoms with Gasteiger partial charge in [-0.3, -0.25) is 4.79 Å². The maximum atomic E-state index is 12.6. The second-order valence-electron chi connectivity index (χ2n) is 5.92. The van der Waals surface area contributed by atoms with Gasteiger partial charge in [0.1, 0.15) is 29.4 Å². The summed E-state index contributed by atoms with van der Waals surface area (Å²) in [5.74, 6) is -0.972. The number of aliphatic hydroxyl groups excluding tert-OH is 1. The van der Waals surface area contributed by atoms with Crippen LogP contribution >= 0.6 is 0 Å². The van der Waals surface area contributed by atoms with Crippen LogP contribution in [0.3, 0.4) is 0 Å². The Balaban J connectivity index is 1.85. The molecule has 0 bridgehead atoms. The highest BCUT2D eigenvalue weighted by Crippen LogP contribution is 2.33. The quantitative estimate of drug-likeness (QED) is 0.476. The lowest BCUT2D eigenvalue weighted by molar-refractivity contribution is -0.138. The Labute approximate surface area is 156 Å². The van der Waals surface area contributed by atoms with Crippen LogP contribution in [-0.2, 0) is 16.1 Å². The number of benzene rings is 2.